The summed E-state index contributed by atoms with van der Waals surface area (Å²) in [5.41, 5.74) is 5.87. The first-order valence-electron chi connectivity index (χ1n) is 8.93. The Morgan fingerprint density at radius 3 is 2.11 bits per heavy atom. The summed E-state index contributed by atoms with van der Waals surface area (Å²) >= 11 is 0. The highest BCUT2D eigenvalue weighted by atomic mass is 16.5. The number of hydrazone groups is 1. The van der Waals surface area contributed by atoms with Gasteiger partial charge in [0.25, 0.3) is 0 Å². The molecule has 0 saturated carbocycles. The Bertz CT molecular complexity index is 867. The molecule has 7 heteroatoms. The van der Waals surface area contributed by atoms with E-state index in [9.17, 15) is 14.4 Å². The number of methoxy groups -OCH3 is 1. The second kappa shape index (κ2) is 10.0. The van der Waals surface area contributed by atoms with E-state index < -0.39 is 17.8 Å². The number of benzene rings is 2. The SMILES string of the molecule is CCc1cccc(CC)c1NC(=O)C(=O)N/N=C/c1ccc(C(=O)OC)cc1. The van der Waals surface area contributed by atoms with Crippen molar-refractivity contribution in [2.75, 3.05) is 12.4 Å². The number of esters is 1. The van der Waals surface area contributed by atoms with Gasteiger partial charge in [0.05, 0.1) is 18.9 Å². The minimum Gasteiger partial charge on any atom is -0.465 e. The Kier molecular flexibility index (Phi) is 7.45. The van der Waals surface area contributed by atoms with Gasteiger partial charge < -0.3 is 10.1 Å². The van der Waals surface area contributed by atoms with E-state index in [0.29, 0.717) is 16.8 Å². The summed E-state index contributed by atoms with van der Waals surface area (Å²) in [7, 11) is 1.31. The zero-order valence-corrected chi connectivity index (χ0v) is 16.1. The van der Waals surface area contributed by atoms with Crippen LogP contribution in [0.2, 0.25) is 0 Å². The molecule has 7 nitrogen and oxygen atoms in total. The number of carbonyl (C=O) groups is 3. The summed E-state index contributed by atoms with van der Waals surface area (Å²) in [6.07, 6.45) is 2.86. The third-order valence-corrected chi connectivity index (χ3v) is 4.16. The number of carbonyl (C=O) groups excluding carboxylic acids is 3. The fraction of sp³-hybridized carbons (Fsp3) is 0.238. The van der Waals surface area contributed by atoms with E-state index in [4.69, 9.17) is 0 Å². The van der Waals surface area contributed by atoms with Gasteiger partial charge in [0.15, 0.2) is 0 Å². The van der Waals surface area contributed by atoms with Crippen LogP contribution in [0.5, 0.6) is 0 Å². The highest BCUT2D eigenvalue weighted by molar-refractivity contribution is 6.39. The highest BCUT2D eigenvalue weighted by Crippen LogP contribution is 2.22. The van der Waals surface area contributed by atoms with Crippen LogP contribution >= 0.6 is 0 Å². The fourth-order valence-electron chi connectivity index (χ4n) is 2.61. The van der Waals surface area contributed by atoms with Crippen molar-refractivity contribution in [3.63, 3.8) is 0 Å². The van der Waals surface area contributed by atoms with Crippen molar-refractivity contribution < 1.29 is 19.1 Å². The zero-order valence-electron chi connectivity index (χ0n) is 16.1. The fourth-order valence-corrected chi connectivity index (χ4v) is 2.61. The lowest BCUT2D eigenvalue weighted by molar-refractivity contribution is -0.136. The van der Waals surface area contributed by atoms with Crippen LogP contribution in [0.25, 0.3) is 0 Å². The first-order valence-corrected chi connectivity index (χ1v) is 8.93. The lowest BCUT2D eigenvalue weighted by Crippen LogP contribution is -2.33. The maximum Gasteiger partial charge on any atom is 0.337 e. The average Bonchev–Trinajstić information content (AvgIpc) is 2.73. The van der Waals surface area contributed by atoms with Crippen molar-refractivity contribution in [1.82, 2.24) is 5.43 Å². The first-order chi connectivity index (χ1) is 13.5. The molecule has 0 aliphatic heterocycles. The van der Waals surface area contributed by atoms with E-state index in [1.54, 1.807) is 24.3 Å². The number of ether oxygens (including phenoxy) is 1. The largest absolute Gasteiger partial charge is 0.465 e. The number of aryl methyl sites for hydroxylation is 2. The van der Waals surface area contributed by atoms with Crippen LogP contribution in [0.1, 0.15) is 40.9 Å². The highest BCUT2D eigenvalue weighted by Gasteiger charge is 2.16. The summed E-state index contributed by atoms with van der Waals surface area (Å²) in [5, 5.41) is 6.46. The number of nitrogens with one attached hydrogen (secondary N) is 2. The van der Waals surface area contributed by atoms with Crippen LogP contribution in [-0.2, 0) is 27.2 Å². The molecule has 0 unspecified atom stereocenters. The normalized spacial score (nSPS) is 10.5. The van der Waals surface area contributed by atoms with Crippen molar-refractivity contribution >= 4 is 29.7 Å². The van der Waals surface area contributed by atoms with Gasteiger partial charge in [-0.2, -0.15) is 5.10 Å². The van der Waals surface area contributed by atoms with Crippen LogP contribution in [0.15, 0.2) is 47.6 Å². The maximum absolute atomic E-state index is 12.2. The number of anilines is 1. The van der Waals surface area contributed by atoms with Crippen molar-refractivity contribution in [2.24, 2.45) is 5.10 Å². The average molecular weight is 381 g/mol. The van der Waals surface area contributed by atoms with E-state index in [1.165, 1.54) is 13.3 Å². The van der Waals surface area contributed by atoms with Gasteiger partial charge in [-0.1, -0.05) is 44.2 Å². The van der Waals surface area contributed by atoms with Crippen molar-refractivity contribution in [1.29, 1.82) is 0 Å². The Hall–Kier alpha value is -3.48. The molecule has 2 N–H and O–H groups in total. The molecule has 0 atom stereocenters. The lowest BCUT2D eigenvalue weighted by atomic mass is 10.0. The summed E-state index contributed by atoms with van der Waals surface area (Å²) < 4.78 is 4.62. The second-order valence-corrected chi connectivity index (χ2v) is 5.93. The number of rotatable bonds is 6. The molecule has 0 aromatic heterocycles. The minimum absolute atomic E-state index is 0.407. The van der Waals surface area contributed by atoms with Gasteiger partial charge in [-0.3, -0.25) is 9.59 Å². The molecule has 0 fully saturated rings. The summed E-state index contributed by atoms with van der Waals surface area (Å²) in [5.74, 6) is -2.09. The van der Waals surface area contributed by atoms with Gasteiger partial charge in [0, 0.05) is 5.69 Å². The molecule has 2 aromatic rings. The van der Waals surface area contributed by atoms with Crippen molar-refractivity contribution in [3.8, 4) is 0 Å². The predicted octanol–water partition coefficient (Wildman–Crippen LogP) is 2.69. The second-order valence-electron chi connectivity index (χ2n) is 5.93. The monoisotopic (exact) mass is 381 g/mol. The predicted molar refractivity (Wildman–Crippen MR) is 107 cm³/mol. The zero-order chi connectivity index (χ0) is 20.5. The summed E-state index contributed by atoms with van der Waals surface area (Å²) in [6.45, 7) is 3.97. The Labute approximate surface area is 163 Å². The Morgan fingerprint density at radius 1 is 0.964 bits per heavy atom. The molecule has 0 heterocycles. The van der Waals surface area contributed by atoms with Gasteiger partial charge in [0.2, 0.25) is 0 Å². The molecule has 0 spiro atoms. The molecule has 28 heavy (non-hydrogen) atoms. The molecule has 2 aromatic carbocycles. The van der Waals surface area contributed by atoms with Crippen LogP contribution < -0.4 is 10.7 Å². The number of hydrogen-bond donors (Lipinski definition) is 2. The number of hydrogen-bond acceptors (Lipinski definition) is 5. The molecule has 0 aliphatic rings. The summed E-state index contributed by atoms with van der Waals surface area (Å²) in [6, 6.07) is 12.2. The van der Waals surface area contributed by atoms with Gasteiger partial charge >= 0.3 is 17.8 Å². The summed E-state index contributed by atoms with van der Waals surface area (Å²) in [4.78, 5) is 35.6. The third-order valence-electron chi connectivity index (χ3n) is 4.16. The molecule has 2 amide bonds. The lowest BCUT2D eigenvalue weighted by Gasteiger charge is -2.13. The van der Waals surface area contributed by atoms with E-state index in [1.807, 2.05) is 32.0 Å². The quantitative estimate of drug-likeness (QED) is 0.348. The van der Waals surface area contributed by atoms with Gasteiger partial charge in [-0.25, -0.2) is 10.2 Å². The standard InChI is InChI=1S/C21H23N3O4/c1-4-15-7-6-8-16(5-2)18(15)23-19(25)20(26)24-22-13-14-9-11-17(12-10-14)21(27)28-3/h6-13H,4-5H2,1-3H3,(H,23,25)(H,24,26)/b22-13+. The maximum atomic E-state index is 12.2. The smallest absolute Gasteiger partial charge is 0.337 e. The third kappa shape index (κ3) is 5.26. The molecule has 0 saturated heterocycles. The molecular formula is C21H23N3O4. The van der Waals surface area contributed by atoms with E-state index in [0.717, 1.165) is 24.0 Å². The first kappa shape index (κ1) is 20.8. The number of para-hydroxylation sites is 1. The van der Waals surface area contributed by atoms with Crippen LogP contribution in [0, 0.1) is 0 Å². The van der Waals surface area contributed by atoms with E-state index >= 15 is 0 Å². The van der Waals surface area contributed by atoms with Crippen molar-refractivity contribution in [3.05, 3.63) is 64.7 Å². The van der Waals surface area contributed by atoms with Gasteiger partial charge in [0.1, 0.15) is 0 Å². The van der Waals surface area contributed by atoms with Crippen LogP contribution in [0.4, 0.5) is 5.69 Å². The molecule has 2 rings (SSSR count). The molecule has 146 valence electrons. The molecule has 0 aliphatic carbocycles. The van der Waals surface area contributed by atoms with Gasteiger partial charge in [-0.05, 0) is 41.7 Å². The van der Waals surface area contributed by atoms with E-state index in [2.05, 4.69) is 20.6 Å². The number of nitrogens with zero attached hydrogens (tertiary/aromatic N) is 1. The molecule has 0 radical (unpaired) electrons. The molecule has 0 bridgehead atoms. The van der Waals surface area contributed by atoms with Crippen LogP contribution in [-0.4, -0.2) is 31.1 Å². The number of amides is 2. The van der Waals surface area contributed by atoms with Crippen LogP contribution in [0.3, 0.4) is 0 Å². The Morgan fingerprint density at radius 2 is 1.57 bits per heavy atom. The minimum atomic E-state index is -0.865. The molecular weight excluding hydrogens is 358 g/mol. The Balaban J connectivity index is 1.99. The van der Waals surface area contributed by atoms with E-state index in [-0.39, 0.29) is 0 Å². The van der Waals surface area contributed by atoms with Gasteiger partial charge in [-0.15, -0.1) is 0 Å². The van der Waals surface area contributed by atoms with Crippen molar-refractivity contribution in [2.45, 2.75) is 26.7 Å². The topological polar surface area (TPSA) is 96.9 Å².